The van der Waals surface area contributed by atoms with Crippen LogP contribution in [0.3, 0.4) is 0 Å². The summed E-state index contributed by atoms with van der Waals surface area (Å²) in [4.78, 5) is 0. The van der Waals surface area contributed by atoms with Gasteiger partial charge in [0.2, 0.25) is 0 Å². The van der Waals surface area contributed by atoms with Crippen LogP contribution in [-0.2, 0) is 0 Å². The minimum absolute atomic E-state index is 0.250. The van der Waals surface area contributed by atoms with Gasteiger partial charge < -0.3 is 9.75 Å². The van der Waals surface area contributed by atoms with Crippen molar-refractivity contribution < 1.29 is 5.11 Å². The van der Waals surface area contributed by atoms with Gasteiger partial charge in [-0.3, -0.25) is 0 Å². The second-order valence-electron chi connectivity index (χ2n) is 0.816. The Hall–Kier alpha value is 0.354. The lowest BCUT2D eigenvalue weighted by atomic mass is 10.9. The first-order valence-electron chi connectivity index (χ1n) is 2.02. The number of nitrogens with one attached hydrogen (secondary N) is 1. The Bertz CT molecular complexity index is 13.5. The lowest BCUT2D eigenvalue weighted by molar-refractivity contribution is 0.318. The van der Waals surface area contributed by atoms with Crippen molar-refractivity contribution in [3.05, 3.63) is 0 Å². The average molecular weight is 123 g/mol. The molecule has 0 saturated heterocycles. The first kappa shape index (κ1) is 9.61. The fourth-order valence-electron chi connectivity index (χ4n) is 0. The molecule has 40 valence electrons. The van der Waals surface area contributed by atoms with E-state index in [1.807, 2.05) is 0 Å². The van der Waals surface area contributed by atoms with Gasteiger partial charge in [-0.1, -0.05) is 0 Å². The molecule has 0 rings (SSSR count). The van der Waals surface area contributed by atoms with Gasteiger partial charge in [-0.15, -0.1) is 0 Å². The molecule has 0 aliphatic rings. The molecule has 0 aromatic heterocycles. The number of rotatable bonds is 0. The van der Waals surface area contributed by atoms with E-state index in [0.717, 1.165) is 0 Å². The molecule has 0 heterocycles. The van der Waals surface area contributed by atoms with Crippen molar-refractivity contribution >= 4 is 20.8 Å². The Balaban J connectivity index is 0. The van der Waals surface area contributed by atoms with Crippen LogP contribution in [0, 0.1) is 0 Å². The number of aliphatic hydroxyl groups is 1. The maximum atomic E-state index is 7.57. The monoisotopic (exact) mass is 123 g/mol. The molecular formula is C2H13NOSi2. The van der Waals surface area contributed by atoms with Crippen LogP contribution in [0.1, 0.15) is 6.92 Å². The van der Waals surface area contributed by atoms with Crippen molar-refractivity contribution in [2.24, 2.45) is 0 Å². The highest BCUT2D eigenvalue weighted by molar-refractivity contribution is 6.25. The highest BCUT2D eigenvalue weighted by Gasteiger charge is 1.34. The average Bonchev–Trinajstić information content (AvgIpc) is 1.39. The molecular weight excluding hydrogens is 110 g/mol. The van der Waals surface area contributed by atoms with E-state index in [4.69, 9.17) is 5.11 Å². The molecule has 0 unspecified atom stereocenters. The maximum absolute atomic E-state index is 7.57. The van der Waals surface area contributed by atoms with Gasteiger partial charge in [0.25, 0.3) is 0 Å². The minimum atomic E-state index is 0.250. The Morgan fingerprint density at radius 2 is 1.67 bits per heavy atom. The van der Waals surface area contributed by atoms with Gasteiger partial charge in [-0.25, -0.2) is 0 Å². The first-order chi connectivity index (χ1) is 2.83. The van der Waals surface area contributed by atoms with Gasteiger partial charge >= 0.3 is 0 Å². The van der Waals surface area contributed by atoms with Crippen molar-refractivity contribution in [3.63, 3.8) is 0 Å². The molecule has 0 atom stereocenters. The summed E-state index contributed by atoms with van der Waals surface area (Å²) in [6.07, 6.45) is 0. The van der Waals surface area contributed by atoms with Crippen LogP contribution in [0.25, 0.3) is 0 Å². The molecule has 0 aliphatic carbocycles. The summed E-state index contributed by atoms with van der Waals surface area (Å²) in [5.74, 6) is 0. The molecule has 2 N–H and O–H groups in total. The van der Waals surface area contributed by atoms with Crippen LogP contribution in [-0.4, -0.2) is 32.5 Å². The van der Waals surface area contributed by atoms with Gasteiger partial charge in [-0.2, -0.15) is 0 Å². The van der Waals surface area contributed by atoms with E-state index in [1.54, 1.807) is 6.92 Å². The standard InChI is InChI=1S/C2H6O.H7NSi2/c1-2-3;2-1-3/h3H,2H2,1H3;1H,2-3H3. The summed E-state index contributed by atoms with van der Waals surface area (Å²) < 4.78 is 3.03. The third-order valence-electron chi connectivity index (χ3n) is 0. The van der Waals surface area contributed by atoms with E-state index in [-0.39, 0.29) is 6.61 Å². The molecule has 0 amide bonds. The SMILES string of the molecule is CCO.[SiH3]N[SiH3]. The molecule has 0 radical (unpaired) electrons. The van der Waals surface area contributed by atoms with Gasteiger partial charge in [-0.05, 0) is 6.92 Å². The summed E-state index contributed by atoms with van der Waals surface area (Å²) in [6, 6.07) is 0. The summed E-state index contributed by atoms with van der Waals surface area (Å²) in [5, 5.41) is 7.57. The highest BCUT2D eigenvalue weighted by atomic mass is 28.2. The zero-order valence-corrected chi connectivity index (χ0v) is 8.65. The summed E-state index contributed by atoms with van der Waals surface area (Å²) in [6.45, 7) is 1.93. The van der Waals surface area contributed by atoms with Crippen molar-refractivity contribution in [2.75, 3.05) is 6.61 Å². The van der Waals surface area contributed by atoms with Gasteiger partial charge in [0.15, 0.2) is 0 Å². The van der Waals surface area contributed by atoms with Crippen LogP contribution in [0.2, 0.25) is 0 Å². The van der Waals surface area contributed by atoms with E-state index in [0.29, 0.717) is 0 Å². The Kier molecular flexibility index (Phi) is 29.3. The Morgan fingerprint density at radius 1 is 1.67 bits per heavy atom. The second kappa shape index (κ2) is 18.3. The smallest absolute Gasteiger partial charge is 0.0670 e. The van der Waals surface area contributed by atoms with Crippen LogP contribution >= 0.6 is 0 Å². The minimum Gasteiger partial charge on any atom is -0.397 e. The van der Waals surface area contributed by atoms with E-state index >= 15 is 0 Å². The topological polar surface area (TPSA) is 32.3 Å². The molecule has 0 aromatic rings. The molecule has 0 fully saturated rings. The fraction of sp³-hybridized carbons (Fsp3) is 1.00. The third-order valence-corrected chi connectivity index (χ3v) is 0. The van der Waals surface area contributed by atoms with Crippen molar-refractivity contribution in [3.8, 4) is 0 Å². The van der Waals surface area contributed by atoms with E-state index in [2.05, 4.69) is 4.65 Å². The summed E-state index contributed by atoms with van der Waals surface area (Å²) in [7, 11) is 2.36. The zero-order chi connectivity index (χ0) is 5.41. The predicted molar refractivity (Wildman–Crippen MR) is 35.8 cm³/mol. The van der Waals surface area contributed by atoms with Crippen molar-refractivity contribution in [2.45, 2.75) is 6.92 Å². The summed E-state index contributed by atoms with van der Waals surface area (Å²) in [5.41, 5.74) is 0. The highest BCUT2D eigenvalue weighted by Crippen LogP contribution is 1.30. The lowest BCUT2D eigenvalue weighted by Gasteiger charge is -1.58. The zero-order valence-electron chi connectivity index (χ0n) is 4.65. The fourth-order valence-corrected chi connectivity index (χ4v) is 0. The molecule has 4 heteroatoms. The van der Waals surface area contributed by atoms with Crippen molar-refractivity contribution in [1.82, 2.24) is 4.65 Å². The predicted octanol–water partition coefficient (Wildman–Crippen LogP) is -2.86. The Labute approximate surface area is 45.0 Å². The van der Waals surface area contributed by atoms with Crippen LogP contribution in [0.4, 0.5) is 0 Å². The first-order valence-corrected chi connectivity index (χ1v) is 4.02. The van der Waals surface area contributed by atoms with Crippen molar-refractivity contribution in [1.29, 1.82) is 0 Å². The third kappa shape index (κ3) is 391. The normalized spacial score (nSPS) is 7.00. The van der Waals surface area contributed by atoms with Crippen LogP contribution in [0.15, 0.2) is 0 Å². The van der Waals surface area contributed by atoms with E-state index < -0.39 is 0 Å². The van der Waals surface area contributed by atoms with E-state index in [9.17, 15) is 0 Å². The lowest BCUT2D eigenvalue weighted by Crippen LogP contribution is -1.97. The van der Waals surface area contributed by atoms with Gasteiger partial charge in [0, 0.05) is 6.61 Å². The number of hydrogen-bond donors (Lipinski definition) is 2. The van der Waals surface area contributed by atoms with Crippen LogP contribution in [0.5, 0.6) is 0 Å². The Morgan fingerprint density at radius 3 is 1.67 bits per heavy atom. The summed E-state index contributed by atoms with van der Waals surface area (Å²) >= 11 is 0. The molecule has 2 nitrogen and oxygen atoms in total. The molecule has 0 aromatic carbocycles. The largest absolute Gasteiger partial charge is 0.397 e. The molecule has 6 heavy (non-hydrogen) atoms. The van der Waals surface area contributed by atoms with Gasteiger partial charge in [0.1, 0.15) is 0 Å². The molecule has 0 bridgehead atoms. The quantitative estimate of drug-likeness (QED) is 0.340. The molecule has 0 spiro atoms. The molecule has 0 aliphatic heterocycles. The van der Waals surface area contributed by atoms with Crippen LogP contribution < -0.4 is 4.65 Å². The number of hydrogen-bond acceptors (Lipinski definition) is 2. The van der Waals surface area contributed by atoms with E-state index in [1.165, 1.54) is 20.8 Å². The van der Waals surface area contributed by atoms with Gasteiger partial charge in [0.05, 0.1) is 20.8 Å². The maximum Gasteiger partial charge on any atom is 0.0670 e. The molecule has 0 saturated carbocycles. The number of aliphatic hydroxyl groups excluding tert-OH is 1. The second-order valence-corrected chi connectivity index (χ2v) is 4.82.